The average molecular weight is 414 g/mol. The van der Waals surface area contributed by atoms with Crippen LogP contribution < -0.4 is 5.11 Å². The number of unbranched alkanes of at least 4 members (excludes halogenated alkanes) is 7. The first-order chi connectivity index (χ1) is 13.8. The minimum absolute atomic E-state index is 0.0990. The van der Waals surface area contributed by atoms with E-state index in [1.165, 1.54) is 19.3 Å². The second-order valence-electron chi connectivity index (χ2n) is 7.82. The molecule has 0 aromatic rings. The summed E-state index contributed by atoms with van der Waals surface area (Å²) in [6.07, 6.45) is 13.9. The van der Waals surface area contributed by atoms with Gasteiger partial charge in [-0.15, -0.1) is 0 Å². The molecule has 29 heavy (non-hydrogen) atoms. The van der Waals surface area contributed by atoms with Crippen molar-refractivity contribution >= 4 is 17.9 Å². The molecule has 0 fully saturated rings. The highest BCUT2D eigenvalue weighted by molar-refractivity contribution is 5.67. The van der Waals surface area contributed by atoms with Gasteiger partial charge in [0.25, 0.3) is 0 Å². The van der Waals surface area contributed by atoms with E-state index >= 15 is 0 Å². The van der Waals surface area contributed by atoms with Crippen LogP contribution >= 0.6 is 0 Å². The van der Waals surface area contributed by atoms with E-state index in [4.69, 9.17) is 10.2 Å². The van der Waals surface area contributed by atoms with Gasteiger partial charge in [-0.05, 0) is 32.1 Å². The van der Waals surface area contributed by atoms with Gasteiger partial charge in [0.15, 0.2) is 0 Å². The smallest absolute Gasteiger partial charge is 0.309 e. The third kappa shape index (κ3) is 16.7. The molecule has 0 aromatic heterocycles. The molecule has 0 bridgehead atoms. The zero-order valence-electron chi connectivity index (χ0n) is 17.9. The molecule has 0 atom stereocenters. The summed E-state index contributed by atoms with van der Waals surface area (Å²) in [6, 6.07) is 0. The second-order valence-corrected chi connectivity index (χ2v) is 7.82. The van der Waals surface area contributed by atoms with Gasteiger partial charge in [-0.2, -0.15) is 0 Å². The number of nitrogens with zero attached hydrogens (tertiary/aromatic N) is 1. The summed E-state index contributed by atoms with van der Waals surface area (Å²) in [5.74, 6) is -3.10. The first-order valence-electron chi connectivity index (χ1n) is 10.9. The summed E-state index contributed by atoms with van der Waals surface area (Å²) in [5.41, 5.74) is 0. The zero-order chi connectivity index (χ0) is 22.0. The number of carbonyl (C=O) groups is 3. The minimum atomic E-state index is -1.19. The molecule has 0 amide bonds. The molecule has 0 saturated heterocycles. The molecule has 0 heterocycles. The predicted molar refractivity (Wildman–Crippen MR) is 110 cm³/mol. The maximum Gasteiger partial charge on any atom is 0.309 e. The van der Waals surface area contributed by atoms with Crippen LogP contribution in [0, 0.1) is 0 Å². The predicted octanol–water partition coefficient (Wildman–Crippen LogP) is 2.98. The van der Waals surface area contributed by atoms with Crippen molar-refractivity contribution in [3.63, 3.8) is 0 Å². The summed E-state index contributed by atoms with van der Waals surface area (Å²) in [5, 5.41) is 29.0. The van der Waals surface area contributed by atoms with Crippen LogP contribution in [0.2, 0.25) is 0 Å². The van der Waals surface area contributed by atoms with Crippen molar-refractivity contribution in [2.24, 2.45) is 0 Å². The Morgan fingerprint density at radius 3 is 1.72 bits per heavy atom. The van der Waals surface area contributed by atoms with Gasteiger partial charge in [0, 0.05) is 12.4 Å². The summed E-state index contributed by atoms with van der Waals surface area (Å²) in [7, 11) is 0. The van der Waals surface area contributed by atoms with Crippen LogP contribution in [-0.2, 0) is 14.4 Å². The number of allylic oxidation sites excluding steroid dienone is 2. The lowest BCUT2D eigenvalue weighted by Crippen LogP contribution is -2.53. The fourth-order valence-corrected chi connectivity index (χ4v) is 3.48. The third-order valence-corrected chi connectivity index (χ3v) is 5.27. The lowest BCUT2D eigenvalue weighted by Gasteiger charge is -2.38. The quantitative estimate of drug-likeness (QED) is 0.180. The van der Waals surface area contributed by atoms with Crippen molar-refractivity contribution in [2.75, 3.05) is 26.2 Å². The fourth-order valence-electron chi connectivity index (χ4n) is 3.48. The fraction of sp³-hybridized carbons (Fsp3) is 0.773. The van der Waals surface area contributed by atoms with Crippen LogP contribution in [0.1, 0.15) is 84.0 Å². The second kappa shape index (κ2) is 17.0. The highest BCUT2D eigenvalue weighted by atomic mass is 16.4. The Kier molecular flexibility index (Phi) is 15.9. The van der Waals surface area contributed by atoms with Crippen molar-refractivity contribution in [1.29, 1.82) is 0 Å². The van der Waals surface area contributed by atoms with E-state index in [0.717, 1.165) is 38.5 Å². The Bertz CT molecular complexity index is 458. The summed E-state index contributed by atoms with van der Waals surface area (Å²) < 4.78 is 0.217. The van der Waals surface area contributed by atoms with Crippen LogP contribution in [0.3, 0.4) is 0 Å². The Morgan fingerprint density at radius 2 is 1.21 bits per heavy atom. The van der Waals surface area contributed by atoms with E-state index in [1.54, 1.807) is 0 Å². The van der Waals surface area contributed by atoms with E-state index < -0.39 is 17.9 Å². The van der Waals surface area contributed by atoms with Crippen LogP contribution in [0.5, 0.6) is 0 Å². The molecule has 0 aliphatic carbocycles. The van der Waals surface area contributed by atoms with Crippen molar-refractivity contribution in [2.45, 2.75) is 84.0 Å². The Labute approximate surface area is 175 Å². The first-order valence-corrected chi connectivity index (χ1v) is 10.9. The number of quaternary nitrogens is 1. The molecule has 0 aliphatic heterocycles. The van der Waals surface area contributed by atoms with Crippen molar-refractivity contribution < 1.29 is 34.2 Å². The van der Waals surface area contributed by atoms with Gasteiger partial charge in [0.05, 0.1) is 39.0 Å². The molecule has 0 spiro atoms. The average Bonchev–Trinajstić information content (AvgIpc) is 2.66. The van der Waals surface area contributed by atoms with E-state index in [9.17, 15) is 19.5 Å². The third-order valence-electron chi connectivity index (χ3n) is 5.27. The van der Waals surface area contributed by atoms with Crippen LogP contribution in [-0.4, -0.2) is 58.8 Å². The Hall–Kier alpha value is -1.89. The number of hydrogen-bond donors (Lipinski definition) is 2. The largest absolute Gasteiger partial charge is 0.550 e. The molecular formula is C22H39NO6. The lowest BCUT2D eigenvalue weighted by molar-refractivity contribution is -0.927. The van der Waals surface area contributed by atoms with E-state index in [-0.39, 0.29) is 43.4 Å². The zero-order valence-corrected chi connectivity index (χ0v) is 17.9. The van der Waals surface area contributed by atoms with Gasteiger partial charge in [0.2, 0.25) is 0 Å². The molecule has 0 aliphatic rings. The molecule has 0 rings (SSSR count). The van der Waals surface area contributed by atoms with E-state index in [1.807, 2.05) is 0 Å². The number of aliphatic carboxylic acids is 3. The molecular weight excluding hydrogens is 374 g/mol. The van der Waals surface area contributed by atoms with Crippen molar-refractivity contribution in [3.05, 3.63) is 12.2 Å². The van der Waals surface area contributed by atoms with Crippen molar-refractivity contribution in [3.8, 4) is 0 Å². The van der Waals surface area contributed by atoms with Gasteiger partial charge in [-0.25, -0.2) is 0 Å². The van der Waals surface area contributed by atoms with Gasteiger partial charge in [0.1, 0.15) is 0 Å². The summed E-state index contributed by atoms with van der Waals surface area (Å²) in [6.45, 7) is 3.49. The number of rotatable bonds is 20. The molecule has 2 N–H and O–H groups in total. The summed E-state index contributed by atoms with van der Waals surface area (Å²) in [4.78, 5) is 33.0. The van der Waals surface area contributed by atoms with Gasteiger partial charge >= 0.3 is 11.9 Å². The highest BCUT2D eigenvalue weighted by Crippen LogP contribution is 2.16. The molecule has 0 aromatic carbocycles. The monoisotopic (exact) mass is 413 g/mol. The number of carboxylic acid groups (broad SMARTS) is 3. The molecule has 7 heteroatoms. The summed E-state index contributed by atoms with van der Waals surface area (Å²) >= 11 is 0. The van der Waals surface area contributed by atoms with E-state index in [2.05, 4.69) is 19.1 Å². The Balaban J connectivity index is 4.42. The van der Waals surface area contributed by atoms with Gasteiger partial charge in [-0.1, -0.05) is 44.8 Å². The lowest BCUT2D eigenvalue weighted by atomic mass is 10.1. The maximum absolute atomic E-state index is 11.0. The Morgan fingerprint density at radius 1 is 0.724 bits per heavy atom. The molecule has 0 radical (unpaired) electrons. The molecule has 0 saturated carbocycles. The minimum Gasteiger partial charge on any atom is -0.550 e. The topological polar surface area (TPSA) is 115 Å². The van der Waals surface area contributed by atoms with Gasteiger partial charge < -0.3 is 24.6 Å². The van der Waals surface area contributed by atoms with Crippen LogP contribution in [0.4, 0.5) is 0 Å². The number of hydrogen-bond acceptors (Lipinski definition) is 4. The SMILES string of the molecule is CCC/C=C/CCCCCCCC[N+](CCC(=O)[O-])(CCC(=O)O)CCC(=O)O. The number of carboxylic acids is 3. The van der Waals surface area contributed by atoms with Crippen LogP contribution in [0.25, 0.3) is 0 Å². The molecule has 168 valence electrons. The standard InChI is InChI=1S/C22H39NO6/c1-2-3-4-5-6-7-8-9-10-11-12-16-23(17-13-20(24)25,18-14-21(26)27)19-15-22(28)29/h4-5H,2-3,6-19H2,1H3,(H2-,24,25,26,27,28,29)/b5-4+. The van der Waals surface area contributed by atoms with Crippen molar-refractivity contribution in [1.82, 2.24) is 0 Å². The maximum atomic E-state index is 11.0. The van der Waals surface area contributed by atoms with E-state index in [0.29, 0.717) is 6.54 Å². The van der Waals surface area contributed by atoms with Crippen LogP contribution in [0.15, 0.2) is 12.2 Å². The normalized spacial score (nSPS) is 11.8. The molecule has 0 unspecified atom stereocenters. The molecule has 7 nitrogen and oxygen atoms in total. The van der Waals surface area contributed by atoms with Gasteiger partial charge in [-0.3, -0.25) is 9.59 Å². The first kappa shape index (κ1) is 27.1. The highest BCUT2D eigenvalue weighted by Gasteiger charge is 2.28. The number of carbonyl (C=O) groups excluding carboxylic acids is 1.